The quantitative estimate of drug-likeness (QED) is 0.0403. The Labute approximate surface area is 355 Å². The van der Waals surface area contributed by atoms with E-state index in [-0.39, 0.29) is 18.4 Å². The fourth-order valence-electron chi connectivity index (χ4n) is 6.07. The van der Waals surface area contributed by atoms with E-state index < -0.39 is 6.04 Å². The van der Waals surface area contributed by atoms with Crippen LogP contribution >= 0.6 is 0 Å². The van der Waals surface area contributed by atoms with Gasteiger partial charge in [-0.3, -0.25) is 14.4 Å². The molecule has 0 radical (unpaired) electrons. The molecule has 0 fully saturated rings. The Kier molecular flexibility index (Phi) is 21.3. The smallest absolute Gasteiger partial charge is 0.250 e. The van der Waals surface area contributed by atoms with Crippen molar-refractivity contribution in [2.24, 2.45) is 0 Å². The number of hydrogen-bond donors (Lipinski definition) is 4. The van der Waals surface area contributed by atoms with Gasteiger partial charge >= 0.3 is 0 Å². The van der Waals surface area contributed by atoms with Gasteiger partial charge in [0.2, 0.25) is 18.2 Å². The number of amides is 3. The van der Waals surface area contributed by atoms with Gasteiger partial charge in [0.1, 0.15) is 23.4 Å². The van der Waals surface area contributed by atoms with Gasteiger partial charge < -0.3 is 39.9 Å². The first-order chi connectivity index (χ1) is 29.2. The molecule has 0 saturated carbocycles. The second kappa shape index (κ2) is 26.6. The molecular formula is C47H62N8O5. The molecule has 0 saturated heterocycles. The third-order valence-corrected chi connectivity index (χ3v) is 8.69. The molecule has 5 rings (SSSR count). The largest absolute Gasteiger partial charge is 0.483 e. The third kappa shape index (κ3) is 15.1. The number of fused-ring (bicyclic) bond motifs is 1. The van der Waals surface area contributed by atoms with Crippen molar-refractivity contribution in [1.29, 1.82) is 0 Å². The summed E-state index contributed by atoms with van der Waals surface area (Å²) in [5.74, 6) is 8.07. The van der Waals surface area contributed by atoms with Crippen LogP contribution in [0.5, 0.6) is 0 Å². The van der Waals surface area contributed by atoms with Crippen LogP contribution < -0.4 is 10.6 Å². The number of benzene rings is 3. The molecule has 0 aliphatic heterocycles. The fourth-order valence-corrected chi connectivity index (χ4v) is 6.07. The Morgan fingerprint density at radius 3 is 2.12 bits per heavy atom. The van der Waals surface area contributed by atoms with Gasteiger partial charge in [-0.1, -0.05) is 95.5 Å². The molecule has 2 aromatic heterocycles. The van der Waals surface area contributed by atoms with Gasteiger partial charge in [-0.15, -0.1) is 0 Å². The molecule has 0 aliphatic rings. The van der Waals surface area contributed by atoms with E-state index in [1.165, 1.54) is 6.42 Å². The van der Waals surface area contributed by atoms with E-state index in [0.29, 0.717) is 55.8 Å². The predicted molar refractivity (Wildman–Crippen MR) is 238 cm³/mol. The first kappa shape index (κ1) is 48.0. The summed E-state index contributed by atoms with van der Waals surface area (Å²) in [5.41, 5.74) is 4.18. The van der Waals surface area contributed by atoms with Gasteiger partial charge in [-0.25, -0.2) is 9.97 Å². The van der Waals surface area contributed by atoms with E-state index in [1.807, 2.05) is 87.5 Å². The van der Waals surface area contributed by atoms with E-state index in [9.17, 15) is 14.4 Å². The number of methoxy groups -OCH3 is 2. The maximum Gasteiger partial charge on any atom is 0.250 e. The summed E-state index contributed by atoms with van der Waals surface area (Å²) in [6, 6.07) is 21.3. The lowest BCUT2D eigenvalue weighted by atomic mass is 10.0. The lowest BCUT2D eigenvalue weighted by Crippen LogP contribution is -2.41. The number of hydrogen-bond acceptors (Lipinski definition) is 8. The number of imidazole rings is 2. The van der Waals surface area contributed by atoms with E-state index in [4.69, 9.17) is 4.74 Å². The first-order valence-corrected chi connectivity index (χ1v) is 20.5. The monoisotopic (exact) mass is 818 g/mol. The van der Waals surface area contributed by atoms with Crippen LogP contribution in [0, 0.1) is 11.8 Å². The van der Waals surface area contributed by atoms with Crippen molar-refractivity contribution in [2.45, 2.75) is 79.4 Å². The second-order valence-corrected chi connectivity index (χ2v) is 13.9. The van der Waals surface area contributed by atoms with Crippen LogP contribution in [-0.4, -0.2) is 88.9 Å². The number of carbonyl (C=O) groups is 3. The molecule has 320 valence electrons. The standard InChI is InChI=1S/C42H48N8O4.C3H8.C2H6O/c1-5-11-39(54-4)48-41(31-12-9-8-10-13-31)42(53)50(21-7-3)28-37-44-24-35(46-37)19-15-30-14-16-33-23-34(18-17-32(33)22-30)36-25-45-38(47-36)27-49(20-6-2)40(52)26-43-29-51;2*1-3-2/h8-14,16-18,22-25,29,41,48H,5-7,20-21,26-28H2,1-4H3,(H,43,51)(H,44,46)(H,45,47);3H2,1-2H3;1-2H3/b39-11+;;. The van der Waals surface area contributed by atoms with E-state index in [2.05, 4.69) is 67.1 Å². The van der Waals surface area contributed by atoms with Gasteiger partial charge in [0.05, 0.1) is 44.8 Å². The summed E-state index contributed by atoms with van der Waals surface area (Å²) in [6.07, 6.45) is 9.51. The highest BCUT2D eigenvalue weighted by Gasteiger charge is 2.27. The van der Waals surface area contributed by atoms with Gasteiger partial charge in [-0.2, -0.15) is 0 Å². The highest BCUT2D eigenvalue weighted by atomic mass is 16.5. The number of H-pyrrole nitrogens is 2. The first-order valence-electron chi connectivity index (χ1n) is 20.5. The number of allylic oxidation sites excluding steroid dienone is 1. The van der Waals surface area contributed by atoms with Crippen LogP contribution in [0.2, 0.25) is 0 Å². The zero-order valence-corrected chi connectivity index (χ0v) is 36.4. The Morgan fingerprint density at radius 1 is 0.817 bits per heavy atom. The summed E-state index contributed by atoms with van der Waals surface area (Å²) in [7, 11) is 4.84. The maximum atomic E-state index is 14.0. The number of aromatic amines is 2. The molecule has 13 nitrogen and oxygen atoms in total. The van der Waals surface area contributed by atoms with Crippen LogP contribution in [0.3, 0.4) is 0 Å². The molecule has 2 heterocycles. The van der Waals surface area contributed by atoms with Crippen LogP contribution in [0.1, 0.15) is 94.8 Å². The number of rotatable bonds is 18. The van der Waals surface area contributed by atoms with E-state index in [1.54, 1.807) is 43.5 Å². The topological polar surface area (TPSA) is 158 Å². The Balaban J connectivity index is 0.00000151. The molecule has 13 heteroatoms. The molecule has 0 spiro atoms. The number of ether oxygens (including phenoxy) is 2. The Morgan fingerprint density at radius 2 is 1.45 bits per heavy atom. The molecule has 1 unspecified atom stereocenters. The second-order valence-electron chi connectivity index (χ2n) is 13.9. The van der Waals surface area contributed by atoms with Crippen LogP contribution in [0.15, 0.2) is 91.1 Å². The molecular weight excluding hydrogens is 757 g/mol. The van der Waals surface area contributed by atoms with Crippen LogP contribution in [-0.2, 0) is 36.9 Å². The lowest BCUT2D eigenvalue weighted by molar-refractivity contribution is -0.134. The van der Waals surface area contributed by atoms with Crippen LogP contribution in [0.25, 0.3) is 22.0 Å². The summed E-state index contributed by atoms with van der Waals surface area (Å²) >= 11 is 0. The zero-order valence-electron chi connectivity index (χ0n) is 36.4. The summed E-state index contributed by atoms with van der Waals surface area (Å²) in [5, 5.41) is 7.83. The number of aromatic nitrogens is 4. The third-order valence-electron chi connectivity index (χ3n) is 8.69. The van der Waals surface area contributed by atoms with Crippen molar-refractivity contribution in [3.63, 3.8) is 0 Å². The Bertz CT molecular complexity index is 2150. The minimum Gasteiger partial charge on any atom is -0.483 e. The average Bonchev–Trinajstić information content (AvgIpc) is 3.93. The molecule has 60 heavy (non-hydrogen) atoms. The average molecular weight is 819 g/mol. The van der Waals surface area contributed by atoms with Crippen LogP contribution in [0.4, 0.5) is 0 Å². The minimum atomic E-state index is -0.623. The fraction of sp³-hybridized carbons (Fsp3) is 0.383. The van der Waals surface area contributed by atoms with Gasteiger partial charge in [-0.05, 0) is 65.8 Å². The van der Waals surface area contributed by atoms with Crippen molar-refractivity contribution in [2.75, 3.05) is 41.0 Å². The number of nitrogens with zero attached hydrogens (tertiary/aromatic N) is 4. The van der Waals surface area contributed by atoms with Crippen molar-refractivity contribution in [1.82, 2.24) is 40.4 Å². The van der Waals surface area contributed by atoms with E-state index in [0.717, 1.165) is 52.4 Å². The lowest BCUT2D eigenvalue weighted by Gasteiger charge is -2.28. The molecule has 5 aromatic rings. The summed E-state index contributed by atoms with van der Waals surface area (Å²) < 4.78 is 9.77. The highest BCUT2D eigenvalue weighted by Crippen LogP contribution is 2.25. The molecule has 3 aromatic carbocycles. The minimum absolute atomic E-state index is 0.0424. The van der Waals surface area contributed by atoms with Crippen molar-refractivity contribution in [3.8, 4) is 23.1 Å². The Hall–Kier alpha value is -6.39. The van der Waals surface area contributed by atoms with Crippen molar-refractivity contribution >= 4 is 29.0 Å². The predicted octanol–water partition coefficient (Wildman–Crippen LogP) is 7.48. The maximum absolute atomic E-state index is 14.0. The molecule has 0 bridgehead atoms. The molecule has 3 amide bonds. The SMILES string of the molecule is CC/C=C(\NC(C(=O)N(CCC)Cc1ncc(C#Cc2ccc3cc(-c4cnc(CN(CCC)C(=O)CNC=O)[nH]4)ccc3c2)[nH]1)c1ccccc1)OC.CCC.COC. The highest BCUT2D eigenvalue weighted by molar-refractivity contribution is 5.88. The zero-order chi connectivity index (χ0) is 43.7. The van der Waals surface area contributed by atoms with Gasteiger partial charge in [0, 0.05) is 38.4 Å². The van der Waals surface area contributed by atoms with E-state index >= 15 is 0 Å². The van der Waals surface area contributed by atoms with Crippen molar-refractivity contribution in [3.05, 3.63) is 120 Å². The summed E-state index contributed by atoms with van der Waals surface area (Å²) in [4.78, 5) is 56.3. The van der Waals surface area contributed by atoms with Crippen molar-refractivity contribution < 1.29 is 23.9 Å². The normalized spacial score (nSPS) is 11.1. The number of nitrogens with one attached hydrogen (secondary N) is 4. The molecule has 4 N–H and O–H groups in total. The van der Waals surface area contributed by atoms with Gasteiger partial charge in [0.15, 0.2) is 5.88 Å². The van der Waals surface area contributed by atoms with Gasteiger partial charge in [0.25, 0.3) is 0 Å². The number of carbonyl (C=O) groups excluding carboxylic acids is 3. The molecule has 0 aliphatic carbocycles. The summed E-state index contributed by atoms with van der Waals surface area (Å²) in [6.45, 7) is 12.0. The molecule has 1 atom stereocenters.